The summed E-state index contributed by atoms with van der Waals surface area (Å²) in [5.41, 5.74) is 12.7. The predicted octanol–water partition coefficient (Wildman–Crippen LogP) is 14.5. The van der Waals surface area contributed by atoms with Crippen LogP contribution in [0.1, 0.15) is 0 Å². The van der Waals surface area contributed by atoms with Crippen molar-refractivity contribution in [2.45, 2.75) is 0 Å². The molecule has 0 amide bonds. The normalized spacial score (nSPS) is 11.5. The van der Waals surface area contributed by atoms with Crippen LogP contribution in [0.4, 0.5) is 0 Å². The largest absolute Gasteiger partial charge is 0.255 e. The van der Waals surface area contributed by atoms with E-state index in [0.717, 1.165) is 50.3 Å². The SMILES string of the molecule is c1ccc(-c2ccc(-c3cc(-c4ccccc4)nc(-c4cc(-c5cc6ccccc6c6ccccc56)cc(-c5ccnc6c5sc5ccccc56)c4)n3)cc2)cc1. The molecule has 8 aromatic carbocycles. The van der Waals surface area contributed by atoms with Gasteiger partial charge in [-0.25, -0.2) is 9.97 Å². The first-order valence-electron chi connectivity index (χ1n) is 19.2. The van der Waals surface area contributed by atoms with Gasteiger partial charge in [0.05, 0.1) is 21.6 Å². The number of fused-ring (bicyclic) bond motifs is 6. The third-order valence-corrected chi connectivity index (χ3v) is 12.1. The Morgan fingerprint density at radius 3 is 1.65 bits per heavy atom. The zero-order valence-corrected chi connectivity index (χ0v) is 31.6. The minimum absolute atomic E-state index is 0.674. The molecule has 0 radical (unpaired) electrons. The van der Waals surface area contributed by atoms with Gasteiger partial charge in [-0.15, -0.1) is 11.3 Å². The van der Waals surface area contributed by atoms with Gasteiger partial charge in [0.25, 0.3) is 0 Å². The van der Waals surface area contributed by atoms with Gasteiger partial charge >= 0.3 is 0 Å². The number of benzene rings is 8. The first-order chi connectivity index (χ1) is 28.2. The smallest absolute Gasteiger partial charge is 0.160 e. The van der Waals surface area contributed by atoms with Crippen LogP contribution in [-0.4, -0.2) is 15.0 Å². The molecule has 266 valence electrons. The first-order valence-corrected chi connectivity index (χ1v) is 20.0. The summed E-state index contributed by atoms with van der Waals surface area (Å²) in [5.74, 6) is 0.674. The van der Waals surface area contributed by atoms with Crippen molar-refractivity contribution in [2.75, 3.05) is 0 Å². The summed E-state index contributed by atoms with van der Waals surface area (Å²) in [6.45, 7) is 0. The fourth-order valence-corrected chi connectivity index (χ4v) is 9.33. The topological polar surface area (TPSA) is 38.7 Å². The molecule has 0 fully saturated rings. The van der Waals surface area contributed by atoms with Gasteiger partial charge in [0.1, 0.15) is 0 Å². The molecule has 57 heavy (non-hydrogen) atoms. The average molecular weight is 744 g/mol. The molecule has 0 saturated heterocycles. The Balaban J connectivity index is 1.17. The second-order valence-electron chi connectivity index (χ2n) is 14.4. The zero-order valence-electron chi connectivity index (χ0n) is 30.8. The molecule has 0 spiro atoms. The van der Waals surface area contributed by atoms with Crippen molar-refractivity contribution in [1.82, 2.24) is 15.0 Å². The standard InChI is InChI=1S/C53H33N3S/c1-3-13-34(14-4-1)35-23-25-37(26-24-35)49-33-48(36-15-5-2-6-16-36)55-53(56-49)41-30-39(43-27-28-54-51-46-21-11-12-22-50(46)57-52(43)51)29-40(31-41)47-32-38-17-7-8-18-42(38)44-19-9-10-20-45(44)47/h1-33H. The highest BCUT2D eigenvalue weighted by Crippen LogP contribution is 2.43. The number of pyridine rings is 1. The van der Waals surface area contributed by atoms with Crippen molar-refractivity contribution in [3.63, 3.8) is 0 Å². The van der Waals surface area contributed by atoms with Gasteiger partial charge in [-0.05, 0) is 91.8 Å². The maximum Gasteiger partial charge on any atom is 0.160 e. The summed E-state index contributed by atoms with van der Waals surface area (Å²) >= 11 is 1.80. The van der Waals surface area contributed by atoms with Crippen LogP contribution in [0.15, 0.2) is 200 Å². The lowest BCUT2D eigenvalue weighted by atomic mass is 9.90. The number of aromatic nitrogens is 3. The molecular formula is C53H33N3S. The Morgan fingerprint density at radius 2 is 0.895 bits per heavy atom. The van der Waals surface area contributed by atoms with Gasteiger partial charge in [-0.2, -0.15) is 0 Å². The molecule has 0 unspecified atom stereocenters. The lowest BCUT2D eigenvalue weighted by molar-refractivity contribution is 1.18. The summed E-state index contributed by atoms with van der Waals surface area (Å²) in [6.07, 6.45) is 1.94. The van der Waals surface area contributed by atoms with E-state index in [1.807, 2.05) is 18.3 Å². The Hall–Kier alpha value is -7.27. The molecule has 3 aromatic heterocycles. The van der Waals surface area contributed by atoms with Crippen LogP contribution in [-0.2, 0) is 0 Å². The van der Waals surface area contributed by atoms with E-state index in [-0.39, 0.29) is 0 Å². The van der Waals surface area contributed by atoms with Crippen molar-refractivity contribution in [3.05, 3.63) is 200 Å². The van der Waals surface area contributed by atoms with Gasteiger partial charge in [0.2, 0.25) is 0 Å². The maximum absolute atomic E-state index is 5.36. The summed E-state index contributed by atoms with van der Waals surface area (Å²) in [4.78, 5) is 15.6. The second-order valence-corrected chi connectivity index (χ2v) is 15.4. The van der Waals surface area contributed by atoms with Crippen LogP contribution >= 0.6 is 11.3 Å². The van der Waals surface area contributed by atoms with Crippen molar-refractivity contribution in [2.24, 2.45) is 0 Å². The van der Waals surface area contributed by atoms with Crippen LogP contribution in [0, 0.1) is 0 Å². The Bertz CT molecular complexity index is 3280. The number of rotatable bonds is 6. The highest BCUT2D eigenvalue weighted by Gasteiger charge is 2.18. The molecule has 0 aliphatic heterocycles. The fourth-order valence-electron chi connectivity index (χ4n) is 8.14. The lowest BCUT2D eigenvalue weighted by Crippen LogP contribution is -1.97. The van der Waals surface area contributed by atoms with Crippen LogP contribution in [0.2, 0.25) is 0 Å². The third-order valence-electron chi connectivity index (χ3n) is 10.9. The summed E-state index contributed by atoms with van der Waals surface area (Å²) < 4.78 is 2.40. The van der Waals surface area contributed by atoms with Gasteiger partial charge in [-0.1, -0.05) is 152 Å². The summed E-state index contributed by atoms with van der Waals surface area (Å²) in [7, 11) is 0. The first kappa shape index (κ1) is 33.1. The molecule has 4 heteroatoms. The Labute approximate surface area is 334 Å². The van der Waals surface area contributed by atoms with Crippen LogP contribution in [0.25, 0.3) is 109 Å². The summed E-state index contributed by atoms with van der Waals surface area (Å²) in [6, 6.07) is 69.0. The van der Waals surface area contributed by atoms with E-state index in [9.17, 15) is 0 Å². The van der Waals surface area contributed by atoms with Crippen LogP contribution in [0.5, 0.6) is 0 Å². The number of hydrogen-bond donors (Lipinski definition) is 0. The molecule has 0 aliphatic carbocycles. The molecule has 0 bridgehead atoms. The van der Waals surface area contributed by atoms with Gasteiger partial charge < -0.3 is 0 Å². The highest BCUT2D eigenvalue weighted by atomic mass is 32.1. The van der Waals surface area contributed by atoms with Crippen molar-refractivity contribution < 1.29 is 0 Å². The van der Waals surface area contributed by atoms with E-state index >= 15 is 0 Å². The monoisotopic (exact) mass is 743 g/mol. The van der Waals surface area contributed by atoms with Crippen molar-refractivity contribution >= 4 is 53.2 Å². The molecule has 11 aromatic rings. The molecule has 0 saturated carbocycles. The van der Waals surface area contributed by atoms with Gasteiger partial charge in [0, 0.05) is 38.5 Å². The second kappa shape index (κ2) is 13.8. The number of nitrogens with zero attached hydrogens (tertiary/aromatic N) is 3. The molecular weight excluding hydrogens is 711 g/mol. The minimum atomic E-state index is 0.674. The molecule has 0 atom stereocenters. The zero-order chi connectivity index (χ0) is 37.7. The van der Waals surface area contributed by atoms with Gasteiger partial charge in [-0.3, -0.25) is 4.98 Å². The quantitative estimate of drug-likeness (QED) is 0.159. The average Bonchev–Trinajstić information content (AvgIpc) is 3.68. The summed E-state index contributed by atoms with van der Waals surface area (Å²) in [5, 5.41) is 6.07. The number of thiophene rings is 1. The molecule has 3 nitrogen and oxygen atoms in total. The fraction of sp³-hybridized carbons (Fsp3) is 0. The van der Waals surface area contributed by atoms with E-state index in [0.29, 0.717) is 5.82 Å². The third kappa shape index (κ3) is 5.95. The number of hydrogen-bond acceptors (Lipinski definition) is 4. The van der Waals surface area contributed by atoms with E-state index in [1.54, 1.807) is 11.3 Å². The Morgan fingerprint density at radius 1 is 0.351 bits per heavy atom. The Kier molecular flexibility index (Phi) is 8.01. The van der Waals surface area contributed by atoms with Crippen molar-refractivity contribution in [3.8, 4) is 67.3 Å². The molecule has 3 heterocycles. The van der Waals surface area contributed by atoms with Crippen LogP contribution in [0.3, 0.4) is 0 Å². The molecule has 0 N–H and O–H groups in total. The van der Waals surface area contributed by atoms with E-state index in [4.69, 9.17) is 15.0 Å². The van der Waals surface area contributed by atoms with E-state index in [2.05, 4.69) is 182 Å². The van der Waals surface area contributed by atoms with Gasteiger partial charge in [0.15, 0.2) is 5.82 Å². The maximum atomic E-state index is 5.36. The van der Waals surface area contributed by atoms with Crippen LogP contribution < -0.4 is 0 Å². The highest BCUT2D eigenvalue weighted by molar-refractivity contribution is 7.26. The van der Waals surface area contributed by atoms with E-state index in [1.165, 1.54) is 53.0 Å². The molecule has 11 rings (SSSR count). The lowest BCUT2D eigenvalue weighted by Gasteiger charge is -2.15. The van der Waals surface area contributed by atoms with Crippen molar-refractivity contribution in [1.29, 1.82) is 0 Å². The minimum Gasteiger partial charge on any atom is -0.255 e. The van der Waals surface area contributed by atoms with E-state index < -0.39 is 0 Å². The predicted molar refractivity (Wildman–Crippen MR) is 240 cm³/mol. The molecule has 0 aliphatic rings.